The summed E-state index contributed by atoms with van der Waals surface area (Å²) in [5.74, 6) is -3.96. The maximum Gasteiger partial charge on any atom is 0.290 e. The van der Waals surface area contributed by atoms with E-state index in [-0.39, 0.29) is 45.8 Å². The molecule has 2 aliphatic heterocycles. The lowest BCUT2D eigenvalue weighted by Gasteiger charge is -2.37. The number of carbonyl (C=O) groups excluding carboxylic acids is 5. The second kappa shape index (κ2) is 17.9. The number of hydrogen-bond donors (Lipinski definition) is 2. The zero-order chi connectivity index (χ0) is 42.5. The first-order valence-corrected chi connectivity index (χ1v) is 21.2. The van der Waals surface area contributed by atoms with Crippen molar-refractivity contribution in [3.63, 3.8) is 0 Å². The van der Waals surface area contributed by atoms with E-state index in [0.29, 0.717) is 23.6 Å². The van der Waals surface area contributed by atoms with Crippen LogP contribution < -0.4 is 10.6 Å². The Bertz CT molecular complexity index is 2570. The molecule has 6 aromatic rings. The van der Waals surface area contributed by atoms with Crippen LogP contribution in [0.2, 0.25) is 0 Å². The topological polar surface area (TPSA) is 113 Å². The van der Waals surface area contributed by atoms with Gasteiger partial charge in [0.15, 0.2) is 5.78 Å². The van der Waals surface area contributed by atoms with Gasteiger partial charge in [-0.1, -0.05) is 121 Å². The summed E-state index contributed by atoms with van der Waals surface area (Å²) in [6, 6.07) is 45.5. The molecule has 0 saturated carbocycles. The molecule has 2 atom stereocenters. The number of halogens is 2. The van der Waals surface area contributed by atoms with E-state index in [2.05, 4.69) is 47.0 Å². The fourth-order valence-electron chi connectivity index (χ4n) is 7.83. The number of ketones is 1. The minimum atomic E-state index is -1.03. The van der Waals surface area contributed by atoms with Gasteiger partial charge in [0.2, 0.25) is 0 Å². The van der Waals surface area contributed by atoms with E-state index in [1.54, 1.807) is 59.1 Å². The predicted octanol–water partition coefficient (Wildman–Crippen LogP) is 9.26. The third-order valence-electron chi connectivity index (χ3n) is 10.7. The molecule has 2 unspecified atom stereocenters. The minimum absolute atomic E-state index is 0.0305. The Balaban J connectivity index is 1.13. The fraction of sp³-hybridized carbons (Fsp3) is 0.122. The fourth-order valence-corrected chi connectivity index (χ4v) is 10.4. The van der Waals surface area contributed by atoms with E-state index >= 15 is 0 Å². The molecule has 0 aliphatic carbocycles. The lowest BCUT2D eigenvalue weighted by atomic mass is 9.84. The van der Waals surface area contributed by atoms with Crippen molar-refractivity contribution in [3.8, 4) is 0 Å². The molecule has 12 heteroatoms. The van der Waals surface area contributed by atoms with Crippen LogP contribution in [-0.2, 0) is 9.54 Å². The van der Waals surface area contributed by atoms with Crippen LogP contribution in [0.15, 0.2) is 163 Å². The number of nitrogens with one attached hydrogen (secondary N) is 2. The molecule has 0 spiro atoms. The first-order valence-electron chi connectivity index (χ1n) is 19.5. The SMILES string of the molecule is O=C1NC(=O)C(=Cc2ccc(C(=O)NCC3CC(SC(c4ccccc4)(c4ccccc4)c4ccccc4)CN3C(=O)c3ccccc3C(=O)c3ccc(F)cc3F)cc2)S1. The first kappa shape index (κ1) is 41.1. The van der Waals surface area contributed by atoms with E-state index in [4.69, 9.17) is 0 Å². The molecule has 8 nitrogen and oxygen atoms in total. The van der Waals surface area contributed by atoms with Crippen molar-refractivity contribution in [1.82, 2.24) is 15.5 Å². The second-order valence-corrected chi connectivity index (χ2v) is 17.1. The molecule has 0 aromatic heterocycles. The zero-order valence-corrected chi connectivity index (χ0v) is 34.1. The maximum absolute atomic E-state index is 14.9. The highest BCUT2D eigenvalue weighted by atomic mass is 32.2. The Morgan fingerprint density at radius 3 is 1.87 bits per heavy atom. The average molecular weight is 850 g/mol. The van der Waals surface area contributed by atoms with Gasteiger partial charge >= 0.3 is 0 Å². The number of thioether (sulfide) groups is 2. The van der Waals surface area contributed by atoms with Crippen LogP contribution in [0, 0.1) is 11.6 Å². The number of carbonyl (C=O) groups is 5. The number of amides is 4. The molecule has 0 radical (unpaired) electrons. The molecule has 61 heavy (non-hydrogen) atoms. The number of hydrogen-bond acceptors (Lipinski definition) is 7. The molecular weight excluding hydrogens is 813 g/mol. The van der Waals surface area contributed by atoms with E-state index in [9.17, 15) is 32.8 Å². The molecule has 2 aliphatic rings. The number of nitrogens with zero attached hydrogens (tertiary/aromatic N) is 1. The van der Waals surface area contributed by atoms with Crippen LogP contribution in [0.3, 0.4) is 0 Å². The van der Waals surface area contributed by atoms with Gasteiger partial charge in [-0.3, -0.25) is 29.3 Å². The third kappa shape index (κ3) is 8.68. The summed E-state index contributed by atoms with van der Waals surface area (Å²) in [6.45, 7) is 0.327. The summed E-state index contributed by atoms with van der Waals surface area (Å²) in [6.07, 6.45) is 2.04. The van der Waals surface area contributed by atoms with E-state index in [1.165, 1.54) is 12.1 Å². The predicted molar refractivity (Wildman–Crippen MR) is 234 cm³/mol. The third-order valence-corrected chi connectivity index (χ3v) is 13.3. The van der Waals surface area contributed by atoms with Gasteiger partial charge in [-0.2, -0.15) is 0 Å². The summed E-state index contributed by atoms with van der Waals surface area (Å²) < 4.78 is 28.1. The summed E-state index contributed by atoms with van der Waals surface area (Å²) in [5, 5.41) is 4.60. The summed E-state index contributed by atoms with van der Waals surface area (Å²) >= 11 is 2.52. The standard InChI is InChI=1S/C49H37F2N3O5S2/c50-36-24-25-41(42(51)27-36)44(55)39-18-10-11-19-40(39)47(58)54-30-38(28-37(54)29-52-45(56)32-22-20-31(21-23-32)26-43-46(57)53-48(59)60-43)61-49(33-12-4-1-5-13-33,34-14-6-2-7-15-34)35-16-8-3-9-17-35/h1-27,37-38H,28-30H2,(H,52,56)(H,53,57,59). The molecule has 2 fully saturated rings. The molecule has 2 N–H and O–H groups in total. The van der Waals surface area contributed by atoms with Gasteiger partial charge in [-0.25, -0.2) is 8.78 Å². The van der Waals surface area contributed by atoms with Crippen LogP contribution in [0.4, 0.5) is 13.6 Å². The Labute approximate surface area is 359 Å². The van der Waals surface area contributed by atoms with Gasteiger partial charge in [0.25, 0.3) is 23.0 Å². The van der Waals surface area contributed by atoms with Crippen LogP contribution in [0.5, 0.6) is 0 Å². The van der Waals surface area contributed by atoms with Gasteiger partial charge in [0, 0.05) is 35.5 Å². The quantitative estimate of drug-likeness (QED) is 0.0718. The maximum atomic E-state index is 14.9. The van der Waals surface area contributed by atoms with Gasteiger partial charge < -0.3 is 10.2 Å². The molecule has 6 aromatic carbocycles. The zero-order valence-electron chi connectivity index (χ0n) is 32.4. The van der Waals surface area contributed by atoms with Crippen LogP contribution in [0.25, 0.3) is 6.08 Å². The highest BCUT2D eigenvalue weighted by molar-refractivity contribution is 8.18. The molecule has 2 heterocycles. The molecule has 2 saturated heterocycles. The van der Waals surface area contributed by atoms with Crippen molar-refractivity contribution < 1.29 is 32.8 Å². The summed E-state index contributed by atoms with van der Waals surface area (Å²) in [7, 11) is 0. The van der Waals surface area contributed by atoms with E-state index in [0.717, 1.165) is 40.6 Å². The first-order chi connectivity index (χ1) is 29.6. The van der Waals surface area contributed by atoms with Crippen LogP contribution >= 0.6 is 23.5 Å². The highest BCUT2D eigenvalue weighted by Crippen LogP contribution is 2.52. The van der Waals surface area contributed by atoms with Crippen molar-refractivity contribution >= 4 is 58.3 Å². The largest absolute Gasteiger partial charge is 0.350 e. The smallest absolute Gasteiger partial charge is 0.290 e. The molecule has 0 bridgehead atoms. The van der Waals surface area contributed by atoms with Crippen molar-refractivity contribution in [2.75, 3.05) is 13.1 Å². The second-order valence-electron chi connectivity index (χ2n) is 14.5. The van der Waals surface area contributed by atoms with Crippen LogP contribution in [0.1, 0.15) is 65.3 Å². The summed E-state index contributed by atoms with van der Waals surface area (Å²) in [5.41, 5.74) is 3.77. The average Bonchev–Trinajstić information content (AvgIpc) is 3.85. The van der Waals surface area contributed by atoms with Crippen molar-refractivity contribution in [1.29, 1.82) is 0 Å². The Hall–Kier alpha value is -6.63. The summed E-state index contributed by atoms with van der Waals surface area (Å²) in [4.78, 5) is 67.9. The molecule has 8 rings (SSSR count). The number of benzene rings is 6. The normalized spacial score (nSPS) is 17.0. The van der Waals surface area contributed by atoms with Gasteiger partial charge in [-0.15, -0.1) is 11.8 Å². The van der Waals surface area contributed by atoms with Gasteiger partial charge in [0.1, 0.15) is 11.6 Å². The van der Waals surface area contributed by atoms with Crippen molar-refractivity contribution in [2.24, 2.45) is 0 Å². The minimum Gasteiger partial charge on any atom is -0.350 e. The monoisotopic (exact) mass is 849 g/mol. The molecule has 4 amide bonds. The van der Waals surface area contributed by atoms with E-state index in [1.807, 2.05) is 54.6 Å². The van der Waals surface area contributed by atoms with Crippen molar-refractivity contribution in [3.05, 3.63) is 219 Å². The van der Waals surface area contributed by atoms with Gasteiger partial charge in [-0.05, 0) is 76.8 Å². The van der Waals surface area contributed by atoms with Crippen molar-refractivity contribution in [2.45, 2.75) is 22.5 Å². The number of rotatable bonds is 12. The molecular formula is C49H37F2N3O5S2. The van der Waals surface area contributed by atoms with E-state index < -0.39 is 45.3 Å². The molecule has 304 valence electrons. The Kier molecular flexibility index (Phi) is 12.1. The van der Waals surface area contributed by atoms with Crippen LogP contribution in [-0.4, -0.2) is 58.0 Å². The Morgan fingerprint density at radius 2 is 1.31 bits per heavy atom. The number of likely N-dealkylation sites (tertiary alicyclic amines) is 1. The lowest BCUT2D eigenvalue weighted by molar-refractivity contribution is -0.115. The lowest BCUT2D eigenvalue weighted by Crippen LogP contribution is -2.43. The number of imide groups is 1. The Morgan fingerprint density at radius 1 is 0.738 bits per heavy atom. The van der Waals surface area contributed by atoms with Gasteiger partial charge in [0.05, 0.1) is 26.8 Å². The highest BCUT2D eigenvalue weighted by Gasteiger charge is 2.45.